The number of aromatic amines is 1. The predicted molar refractivity (Wildman–Crippen MR) is 130 cm³/mol. The van der Waals surface area contributed by atoms with Gasteiger partial charge in [0.05, 0.1) is 16.7 Å². The van der Waals surface area contributed by atoms with E-state index in [1.165, 1.54) is 17.6 Å². The minimum Gasteiger partial charge on any atom is -0.358 e. The Morgan fingerprint density at radius 2 is 1.94 bits per heavy atom. The second-order valence-electron chi connectivity index (χ2n) is 7.64. The van der Waals surface area contributed by atoms with E-state index in [1.54, 1.807) is 17.2 Å². The maximum absolute atomic E-state index is 15.8. The fourth-order valence-corrected chi connectivity index (χ4v) is 5.37. The molecular weight excluding hydrogens is 487 g/mol. The normalized spacial score (nSPS) is 13.8. The van der Waals surface area contributed by atoms with Crippen molar-refractivity contribution < 1.29 is 18.0 Å². The van der Waals surface area contributed by atoms with Crippen LogP contribution in [0.25, 0.3) is 32.9 Å². The molecule has 1 amide bonds. The minimum atomic E-state index is -1.75. The molecule has 1 N–H and O–H groups in total. The van der Waals surface area contributed by atoms with Crippen LogP contribution < -0.4 is 4.90 Å². The molecular formula is C23H21ClF3N5OS. The summed E-state index contributed by atoms with van der Waals surface area (Å²) in [6.07, 6.45) is 3.02. The van der Waals surface area contributed by atoms with E-state index in [-0.39, 0.29) is 5.91 Å². The number of H-pyrrole nitrogens is 1. The molecule has 0 unspecified atom stereocenters. The lowest BCUT2D eigenvalue weighted by atomic mass is 9.95. The first kappa shape index (κ1) is 24.0. The van der Waals surface area contributed by atoms with Gasteiger partial charge in [0.2, 0.25) is 12.8 Å². The number of carbonyl (C=O) groups excluding carboxylic acids is 1. The molecule has 1 aliphatic heterocycles. The molecule has 0 spiro atoms. The van der Waals surface area contributed by atoms with Crippen LogP contribution in [-0.4, -0.2) is 58.5 Å². The van der Waals surface area contributed by atoms with E-state index < -0.39 is 12.7 Å². The molecule has 11 heteroatoms. The van der Waals surface area contributed by atoms with Gasteiger partial charge in [-0.2, -0.15) is 9.47 Å². The van der Waals surface area contributed by atoms with Gasteiger partial charge in [-0.25, -0.2) is 13.2 Å². The fraction of sp³-hybridized carbons (Fsp3) is 0.261. The van der Waals surface area contributed by atoms with Crippen LogP contribution in [0.2, 0.25) is 5.02 Å². The van der Waals surface area contributed by atoms with Crippen molar-refractivity contribution in [3.8, 4) is 11.1 Å². The Labute approximate surface area is 202 Å². The van der Waals surface area contributed by atoms with Crippen molar-refractivity contribution in [2.45, 2.75) is 6.92 Å². The summed E-state index contributed by atoms with van der Waals surface area (Å²) in [5.41, 5.74) is 3.11. The van der Waals surface area contributed by atoms with E-state index in [0.29, 0.717) is 47.7 Å². The highest BCUT2D eigenvalue weighted by Crippen LogP contribution is 2.43. The molecule has 1 saturated heterocycles. The van der Waals surface area contributed by atoms with E-state index in [4.69, 9.17) is 11.6 Å². The summed E-state index contributed by atoms with van der Waals surface area (Å²) < 4.78 is 39.5. The Balaban J connectivity index is 0.000000868. The number of alkyl halides is 2. The Bertz CT molecular complexity index is 1360. The van der Waals surface area contributed by atoms with Crippen molar-refractivity contribution in [2.24, 2.45) is 0 Å². The van der Waals surface area contributed by atoms with Crippen molar-refractivity contribution in [3.63, 3.8) is 0 Å². The molecule has 0 bridgehead atoms. The first-order valence-corrected chi connectivity index (χ1v) is 11.5. The third kappa shape index (κ3) is 4.23. The summed E-state index contributed by atoms with van der Waals surface area (Å²) in [7, 11) is 0. The average Bonchev–Trinajstić information content (AvgIpc) is 3.48. The van der Waals surface area contributed by atoms with Gasteiger partial charge in [-0.3, -0.25) is 9.89 Å². The van der Waals surface area contributed by atoms with Crippen molar-refractivity contribution in [1.29, 1.82) is 0 Å². The first-order valence-electron chi connectivity index (χ1n) is 10.4. The van der Waals surface area contributed by atoms with E-state index in [0.717, 1.165) is 27.0 Å². The van der Waals surface area contributed by atoms with Gasteiger partial charge in [0, 0.05) is 48.1 Å². The topological polar surface area (TPSA) is 65.1 Å². The summed E-state index contributed by atoms with van der Waals surface area (Å²) in [6, 6.07) is 5.64. The number of piperazine rings is 1. The summed E-state index contributed by atoms with van der Waals surface area (Å²) in [6.45, 7) is 6.18. The molecule has 0 atom stereocenters. The maximum Gasteiger partial charge on any atom is 0.246 e. The molecule has 5 rings (SSSR count). The number of rotatable bonds is 3. The van der Waals surface area contributed by atoms with Crippen LogP contribution in [0.15, 0.2) is 37.1 Å². The number of carbonyl (C=O) groups is 1. The molecule has 6 nitrogen and oxygen atoms in total. The van der Waals surface area contributed by atoms with Crippen molar-refractivity contribution in [1.82, 2.24) is 19.5 Å². The number of anilines is 1. The summed E-state index contributed by atoms with van der Waals surface area (Å²) in [5, 5.41) is 9.73. The number of aromatic nitrogens is 3. The number of nitrogens with one attached hydrogen (secondary N) is 1. The summed E-state index contributed by atoms with van der Waals surface area (Å²) in [4.78, 5) is 15.7. The average molecular weight is 508 g/mol. The quantitative estimate of drug-likeness (QED) is 0.363. The third-order valence-corrected chi connectivity index (χ3v) is 7.00. The highest BCUT2D eigenvalue weighted by atomic mass is 35.5. The zero-order chi connectivity index (χ0) is 24.4. The lowest BCUT2D eigenvalue weighted by Crippen LogP contribution is -2.48. The van der Waals surface area contributed by atoms with Gasteiger partial charge in [0.25, 0.3) is 0 Å². The molecule has 3 heterocycles. The number of fused-ring (bicyclic) bond motifs is 2. The molecule has 1 aliphatic rings. The molecule has 178 valence electrons. The predicted octanol–water partition coefficient (Wildman–Crippen LogP) is 5.66. The van der Waals surface area contributed by atoms with Crippen molar-refractivity contribution in [3.05, 3.63) is 53.5 Å². The SMILES string of the molecule is C=CC(=O)N1CCN(c2snc3c(F)c(-c4c(C)ccc5[nH]ncc45)c(Cl)cc23)CC1.FCF. The number of aryl methyl sites for hydroxylation is 1. The number of amides is 1. The van der Waals surface area contributed by atoms with Gasteiger partial charge in [0.15, 0.2) is 5.82 Å². The van der Waals surface area contributed by atoms with Gasteiger partial charge in [-0.05, 0) is 42.2 Å². The molecule has 1 fully saturated rings. The number of nitrogens with zero attached hydrogens (tertiary/aromatic N) is 4. The van der Waals surface area contributed by atoms with Crippen molar-refractivity contribution in [2.75, 3.05) is 38.0 Å². The zero-order valence-electron chi connectivity index (χ0n) is 18.2. The second kappa shape index (κ2) is 10.0. The Kier molecular flexibility index (Phi) is 7.08. The molecule has 34 heavy (non-hydrogen) atoms. The van der Waals surface area contributed by atoms with E-state index in [9.17, 15) is 13.6 Å². The number of hydrogen-bond donors (Lipinski definition) is 1. The first-order chi connectivity index (χ1) is 16.4. The molecule has 0 radical (unpaired) electrons. The maximum atomic E-state index is 15.8. The molecule has 4 aromatic rings. The Hall–Kier alpha value is -3.11. The zero-order valence-corrected chi connectivity index (χ0v) is 19.8. The van der Waals surface area contributed by atoms with Gasteiger partial charge in [0.1, 0.15) is 10.5 Å². The van der Waals surface area contributed by atoms with Gasteiger partial charge in [-0.15, -0.1) is 0 Å². The van der Waals surface area contributed by atoms with Gasteiger partial charge < -0.3 is 9.80 Å². The highest BCUT2D eigenvalue weighted by molar-refractivity contribution is 7.11. The van der Waals surface area contributed by atoms with E-state index in [1.807, 2.05) is 19.1 Å². The second-order valence-corrected chi connectivity index (χ2v) is 8.80. The van der Waals surface area contributed by atoms with Crippen LogP contribution in [0, 0.1) is 12.7 Å². The minimum absolute atomic E-state index is 0.0728. The van der Waals surface area contributed by atoms with Crippen LogP contribution >= 0.6 is 23.1 Å². The molecule has 2 aromatic heterocycles. The molecule has 0 aliphatic carbocycles. The molecule has 2 aromatic carbocycles. The summed E-state index contributed by atoms with van der Waals surface area (Å²) in [5.74, 6) is -0.501. The van der Waals surface area contributed by atoms with Crippen LogP contribution in [0.1, 0.15) is 5.56 Å². The Morgan fingerprint density at radius 1 is 1.24 bits per heavy atom. The third-order valence-electron chi connectivity index (χ3n) is 5.78. The largest absolute Gasteiger partial charge is 0.358 e. The lowest BCUT2D eigenvalue weighted by molar-refractivity contribution is -0.126. The fourth-order valence-electron chi connectivity index (χ4n) is 4.17. The number of benzene rings is 2. The van der Waals surface area contributed by atoms with Crippen LogP contribution in [0.5, 0.6) is 0 Å². The van der Waals surface area contributed by atoms with Crippen LogP contribution in [0.4, 0.5) is 18.2 Å². The van der Waals surface area contributed by atoms with E-state index in [2.05, 4.69) is 26.0 Å². The van der Waals surface area contributed by atoms with Crippen molar-refractivity contribution >= 4 is 55.8 Å². The lowest BCUT2D eigenvalue weighted by Gasteiger charge is -2.34. The smallest absolute Gasteiger partial charge is 0.246 e. The van der Waals surface area contributed by atoms with Gasteiger partial charge >= 0.3 is 0 Å². The highest BCUT2D eigenvalue weighted by Gasteiger charge is 2.26. The van der Waals surface area contributed by atoms with Gasteiger partial charge in [-0.1, -0.05) is 24.2 Å². The van der Waals surface area contributed by atoms with Crippen LogP contribution in [0.3, 0.4) is 0 Å². The standard InChI is InChI=1S/C22H19ClFN5OS.CH2F2/c1-3-17(30)28-6-8-29(9-7-28)22-13-10-15(23)19(20(24)21(13)27-31-22)18-12(2)4-5-16-14(18)11-25-26-16;2-1-3/h3-5,10-11H,1,6-9H2,2H3,(H,25,26);1H2. The number of hydrogen-bond acceptors (Lipinski definition) is 5. The van der Waals surface area contributed by atoms with E-state index >= 15 is 4.39 Å². The molecule has 0 saturated carbocycles. The summed E-state index contributed by atoms with van der Waals surface area (Å²) >= 11 is 7.91. The monoisotopic (exact) mass is 507 g/mol. The Morgan fingerprint density at radius 3 is 2.62 bits per heavy atom. The van der Waals surface area contributed by atoms with Crippen LogP contribution in [-0.2, 0) is 4.79 Å². The number of halogens is 4.